The Hall–Kier alpha value is -0.410. The van der Waals surface area contributed by atoms with Gasteiger partial charge in [0.05, 0.1) is 16.8 Å². The van der Waals surface area contributed by atoms with E-state index in [1.165, 1.54) is 0 Å². The average Bonchev–Trinajstić information content (AvgIpc) is 2.50. The summed E-state index contributed by atoms with van der Waals surface area (Å²) < 4.78 is 0. The number of aliphatic hydroxyl groups is 1. The number of aromatic nitrogens is 1. The van der Waals surface area contributed by atoms with E-state index in [0.717, 1.165) is 17.1 Å². The predicted octanol–water partition coefficient (Wildman–Crippen LogP) is 2.88. The predicted molar refractivity (Wildman–Crippen MR) is 56.1 cm³/mol. The van der Waals surface area contributed by atoms with Crippen LogP contribution in [0.5, 0.6) is 0 Å². The first kappa shape index (κ1) is 10.7. The van der Waals surface area contributed by atoms with Crippen LogP contribution in [0.25, 0.3) is 0 Å². The van der Waals surface area contributed by atoms with E-state index in [2.05, 4.69) is 25.8 Å². The first-order chi connectivity index (χ1) is 5.95. The zero-order valence-corrected chi connectivity index (χ0v) is 9.48. The summed E-state index contributed by atoms with van der Waals surface area (Å²) in [6.07, 6.45) is 0.334. The van der Waals surface area contributed by atoms with Gasteiger partial charge in [0.2, 0.25) is 0 Å². The Labute approximate surface area is 83.6 Å². The number of nitrogens with zero attached hydrogens (tertiary/aromatic N) is 1. The highest BCUT2D eigenvalue weighted by Crippen LogP contribution is 2.28. The van der Waals surface area contributed by atoms with E-state index in [-0.39, 0.29) is 5.41 Å². The van der Waals surface area contributed by atoms with Gasteiger partial charge in [0, 0.05) is 10.8 Å². The van der Waals surface area contributed by atoms with E-state index in [0.29, 0.717) is 0 Å². The number of thiazole rings is 1. The minimum absolute atomic E-state index is 0.0936. The maximum absolute atomic E-state index is 9.55. The van der Waals surface area contributed by atoms with Crippen LogP contribution in [-0.4, -0.2) is 10.1 Å². The van der Waals surface area contributed by atoms with Crippen molar-refractivity contribution in [3.05, 3.63) is 16.1 Å². The second kappa shape index (κ2) is 3.76. The Morgan fingerprint density at radius 1 is 1.54 bits per heavy atom. The molecule has 0 aliphatic rings. The van der Waals surface area contributed by atoms with Gasteiger partial charge in [-0.15, -0.1) is 11.3 Å². The summed E-state index contributed by atoms with van der Waals surface area (Å²) in [5.41, 5.74) is 0.911. The number of rotatable bonds is 2. The minimum atomic E-state index is -0.396. The first-order valence-corrected chi connectivity index (χ1v) is 5.47. The van der Waals surface area contributed by atoms with Crippen molar-refractivity contribution in [2.24, 2.45) is 0 Å². The lowest BCUT2D eigenvalue weighted by atomic mass is 9.98. The van der Waals surface area contributed by atoms with Gasteiger partial charge < -0.3 is 5.11 Å². The standard InChI is InChI=1S/C10H17NOS/c1-5-8(12)7-6-13-9(11-7)10(2,3)4/h6,8,12H,5H2,1-4H3. The van der Waals surface area contributed by atoms with Gasteiger partial charge in [-0.1, -0.05) is 27.7 Å². The second-order valence-electron chi connectivity index (χ2n) is 4.25. The lowest BCUT2D eigenvalue weighted by Crippen LogP contribution is -2.11. The molecule has 2 nitrogen and oxygen atoms in total. The van der Waals surface area contributed by atoms with Gasteiger partial charge >= 0.3 is 0 Å². The van der Waals surface area contributed by atoms with Gasteiger partial charge in [0.1, 0.15) is 0 Å². The van der Waals surface area contributed by atoms with Crippen LogP contribution in [0.4, 0.5) is 0 Å². The van der Waals surface area contributed by atoms with Gasteiger partial charge in [-0.3, -0.25) is 0 Å². The Morgan fingerprint density at radius 3 is 2.54 bits per heavy atom. The summed E-state index contributed by atoms with van der Waals surface area (Å²) in [4.78, 5) is 4.42. The van der Waals surface area contributed by atoms with E-state index < -0.39 is 6.10 Å². The molecule has 0 fully saturated rings. The lowest BCUT2D eigenvalue weighted by molar-refractivity contribution is 0.169. The Kier molecular flexibility index (Phi) is 3.09. The molecule has 1 N–H and O–H groups in total. The van der Waals surface area contributed by atoms with Crippen LogP contribution in [-0.2, 0) is 5.41 Å². The highest BCUT2D eigenvalue weighted by molar-refractivity contribution is 7.09. The number of hydrogen-bond donors (Lipinski definition) is 1. The fourth-order valence-electron chi connectivity index (χ4n) is 0.993. The summed E-state index contributed by atoms with van der Waals surface area (Å²) >= 11 is 1.63. The Morgan fingerprint density at radius 2 is 2.15 bits per heavy atom. The maximum Gasteiger partial charge on any atom is 0.0983 e. The molecular weight excluding hydrogens is 182 g/mol. The van der Waals surface area contributed by atoms with Crippen LogP contribution in [0, 0.1) is 0 Å². The maximum atomic E-state index is 9.55. The van der Waals surface area contributed by atoms with Crippen molar-refractivity contribution in [2.75, 3.05) is 0 Å². The molecule has 1 aromatic heterocycles. The summed E-state index contributed by atoms with van der Waals surface area (Å²) in [5, 5.41) is 12.6. The molecule has 0 amide bonds. The average molecular weight is 199 g/mol. The molecule has 0 radical (unpaired) electrons. The number of hydrogen-bond acceptors (Lipinski definition) is 3. The Balaban J connectivity index is 2.87. The van der Waals surface area contributed by atoms with Crippen LogP contribution in [0.2, 0.25) is 0 Å². The molecular formula is C10H17NOS. The molecule has 1 heterocycles. The van der Waals surface area contributed by atoms with Crippen molar-refractivity contribution in [1.29, 1.82) is 0 Å². The fourth-order valence-corrected chi connectivity index (χ4v) is 1.95. The van der Waals surface area contributed by atoms with Crippen molar-refractivity contribution >= 4 is 11.3 Å². The molecule has 0 saturated carbocycles. The van der Waals surface area contributed by atoms with Gasteiger partial charge in [-0.05, 0) is 6.42 Å². The largest absolute Gasteiger partial charge is 0.387 e. The number of aliphatic hydroxyl groups excluding tert-OH is 1. The highest BCUT2D eigenvalue weighted by atomic mass is 32.1. The Bertz CT molecular complexity index is 275. The lowest BCUT2D eigenvalue weighted by Gasteiger charge is -2.13. The molecule has 1 aromatic rings. The van der Waals surface area contributed by atoms with E-state index in [4.69, 9.17) is 0 Å². The quantitative estimate of drug-likeness (QED) is 0.794. The monoisotopic (exact) mass is 199 g/mol. The van der Waals surface area contributed by atoms with Crippen LogP contribution in [0.1, 0.15) is 50.9 Å². The second-order valence-corrected chi connectivity index (χ2v) is 5.11. The van der Waals surface area contributed by atoms with Crippen molar-refractivity contribution in [2.45, 2.75) is 45.6 Å². The molecule has 1 unspecified atom stereocenters. The summed E-state index contributed by atoms with van der Waals surface area (Å²) in [6.45, 7) is 8.36. The molecule has 74 valence electrons. The third-order valence-corrected chi connectivity index (χ3v) is 3.18. The molecule has 13 heavy (non-hydrogen) atoms. The van der Waals surface area contributed by atoms with Crippen LogP contribution in [0.15, 0.2) is 5.38 Å². The van der Waals surface area contributed by atoms with Crippen LogP contribution < -0.4 is 0 Å². The molecule has 0 saturated heterocycles. The third kappa shape index (κ3) is 2.51. The normalized spacial score (nSPS) is 14.5. The minimum Gasteiger partial charge on any atom is -0.387 e. The smallest absolute Gasteiger partial charge is 0.0983 e. The van der Waals surface area contributed by atoms with E-state index in [9.17, 15) is 5.11 Å². The van der Waals surface area contributed by atoms with Gasteiger partial charge in [-0.25, -0.2) is 4.98 Å². The SMILES string of the molecule is CCC(O)c1csc(C(C)(C)C)n1. The van der Waals surface area contributed by atoms with E-state index in [1.54, 1.807) is 11.3 Å². The van der Waals surface area contributed by atoms with Crippen molar-refractivity contribution in [3.63, 3.8) is 0 Å². The molecule has 0 aliphatic heterocycles. The highest BCUT2D eigenvalue weighted by Gasteiger charge is 2.19. The van der Waals surface area contributed by atoms with E-state index in [1.807, 2.05) is 12.3 Å². The van der Waals surface area contributed by atoms with Crippen LogP contribution in [0.3, 0.4) is 0 Å². The molecule has 0 aliphatic carbocycles. The molecule has 1 atom stereocenters. The fraction of sp³-hybridized carbons (Fsp3) is 0.700. The van der Waals surface area contributed by atoms with Crippen molar-refractivity contribution in [1.82, 2.24) is 4.98 Å². The van der Waals surface area contributed by atoms with E-state index >= 15 is 0 Å². The van der Waals surface area contributed by atoms with Crippen molar-refractivity contribution < 1.29 is 5.11 Å². The molecule has 0 bridgehead atoms. The molecule has 1 rings (SSSR count). The summed E-state index contributed by atoms with van der Waals surface area (Å²) in [5.74, 6) is 0. The summed E-state index contributed by atoms with van der Waals surface area (Å²) in [7, 11) is 0. The zero-order valence-electron chi connectivity index (χ0n) is 8.66. The van der Waals surface area contributed by atoms with Crippen molar-refractivity contribution in [3.8, 4) is 0 Å². The summed E-state index contributed by atoms with van der Waals surface area (Å²) in [6, 6.07) is 0. The van der Waals surface area contributed by atoms with Gasteiger partial charge in [-0.2, -0.15) is 0 Å². The first-order valence-electron chi connectivity index (χ1n) is 4.59. The topological polar surface area (TPSA) is 33.1 Å². The molecule has 0 spiro atoms. The third-order valence-electron chi connectivity index (χ3n) is 1.89. The van der Waals surface area contributed by atoms with Gasteiger partial charge in [0.15, 0.2) is 0 Å². The zero-order chi connectivity index (χ0) is 10.1. The molecule has 3 heteroatoms. The van der Waals surface area contributed by atoms with Crippen LogP contribution >= 0.6 is 11.3 Å². The van der Waals surface area contributed by atoms with Gasteiger partial charge in [0.25, 0.3) is 0 Å². The molecule has 0 aromatic carbocycles.